The van der Waals surface area contributed by atoms with Crippen LogP contribution in [0.5, 0.6) is 0 Å². The van der Waals surface area contributed by atoms with E-state index in [9.17, 15) is 0 Å². The molecule has 120 valence electrons. The van der Waals surface area contributed by atoms with Gasteiger partial charge >= 0.3 is 0 Å². The fourth-order valence-corrected chi connectivity index (χ4v) is 4.20. The number of allylic oxidation sites excluding steroid dienone is 2. The lowest BCUT2D eigenvalue weighted by atomic mass is 9.79. The normalized spacial score (nSPS) is 18.0. The molecule has 2 bridgehead atoms. The molecule has 4 heterocycles. The van der Waals surface area contributed by atoms with Crippen molar-refractivity contribution in [3.63, 3.8) is 0 Å². The van der Waals surface area contributed by atoms with Gasteiger partial charge in [-0.05, 0) is 61.1 Å². The number of hydrogen-bond donors (Lipinski definition) is 0. The molecule has 0 radical (unpaired) electrons. The van der Waals surface area contributed by atoms with Gasteiger partial charge < -0.3 is 9.32 Å². The van der Waals surface area contributed by atoms with E-state index in [1.165, 1.54) is 42.8 Å². The minimum Gasteiger partial charge on any atom is -0.436 e. The minimum atomic E-state index is 0.697. The lowest BCUT2D eigenvalue weighted by molar-refractivity contribution is 0.230. The molecule has 3 nitrogen and oxygen atoms in total. The van der Waals surface area contributed by atoms with Crippen molar-refractivity contribution in [1.29, 1.82) is 0 Å². The molecule has 24 heavy (non-hydrogen) atoms. The molecule has 3 heteroatoms. The summed E-state index contributed by atoms with van der Waals surface area (Å²) in [7, 11) is 0. The van der Waals surface area contributed by atoms with E-state index in [2.05, 4.69) is 41.1 Å². The van der Waals surface area contributed by atoms with E-state index in [0.717, 1.165) is 22.6 Å². The Balaban J connectivity index is 1.52. The van der Waals surface area contributed by atoms with Crippen molar-refractivity contribution in [2.45, 2.75) is 19.8 Å². The van der Waals surface area contributed by atoms with Gasteiger partial charge in [0, 0.05) is 24.4 Å². The molecule has 2 aromatic carbocycles. The number of benzene rings is 2. The number of hydrogen-bond acceptors (Lipinski definition) is 3. The Morgan fingerprint density at radius 1 is 0.958 bits per heavy atom. The van der Waals surface area contributed by atoms with E-state index in [-0.39, 0.29) is 0 Å². The molecular weight excluding hydrogens is 296 g/mol. The third kappa shape index (κ3) is 2.08. The molecular formula is C21H20N2O. The third-order valence-corrected chi connectivity index (χ3v) is 5.50. The highest BCUT2D eigenvalue weighted by atomic mass is 16.3. The molecule has 0 spiro atoms. The summed E-state index contributed by atoms with van der Waals surface area (Å²) in [5.74, 6) is 1.42. The monoisotopic (exact) mass is 316 g/mol. The summed E-state index contributed by atoms with van der Waals surface area (Å²) in [5.41, 5.74) is 7.14. The van der Waals surface area contributed by atoms with E-state index >= 15 is 0 Å². The number of aromatic nitrogens is 1. The van der Waals surface area contributed by atoms with E-state index in [1.54, 1.807) is 0 Å². The number of para-hydroxylation sites is 2. The standard InChI is InChI=1S/C21H20N2O/c1-14-20(16-10-12-23(14)13-11-16)15-6-8-17(9-7-15)21-22-18-4-2-3-5-19(18)24-21/h2-9,16H,10-13H2,1H3. The van der Waals surface area contributed by atoms with E-state index < -0.39 is 0 Å². The fourth-order valence-electron chi connectivity index (χ4n) is 4.20. The first-order chi connectivity index (χ1) is 11.8. The minimum absolute atomic E-state index is 0.697. The van der Waals surface area contributed by atoms with Gasteiger partial charge in [-0.15, -0.1) is 0 Å². The lowest BCUT2D eigenvalue weighted by Crippen LogP contribution is -2.38. The second-order valence-electron chi connectivity index (χ2n) is 6.82. The van der Waals surface area contributed by atoms with E-state index in [4.69, 9.17) is 4.42 Å². The predicted octanol–water partition coefficient (Wildman–Crippen LogP) is 4.95. The zero-order valence-corrected chi connectivity index (χ0v) is 13.8. The molecule has 3 aliphatic heterocycles. The zero-order chi connectivity index (χ0) is 16.1. The van der Waals surface area contributed by atoms with E-state index in [0.29, 0.717) is 5.89 Å². The summed E-state index contributed by atoms with van der Waals surface area (Å²) >= 11 is 0. The van der Waals surface area contributed by atoms with Gasteiger partial charge in [0.15, 0.2) is 5.58 Å². The summed E-state index contributed by atoms with van der Waals surface area (Å²) in [6, 6.07) is 16.6. The molecule has 0 atom stereocenters. The largest absolute Gasteiger partial charge is 0.436 e. The molecule has 0 saturated carbocycles. The van der Waals surface area contributed by atoms with E-state index in [1.807, 2.05) is 24.3 Å². The molecule has 0 amide bonds. The van der Waals surface area contributed by atoms with Crippen molar-refractivity contribution < 1.29 is 4.42 Å². The number of piperidine rings is 1. The molecule has 0 aliphatic carbocycles. The lowest BCUT2D eigenvalue weighted by Gasteiger charge is -2.43. The highest BCUT2D eigenvalue weighted by Gasteiger charge is 2.31. The van der Waals surface area contributed by atoms with Crippen LogP contribution in [0.1, 0.15) is 25.3 Å². The van der Waals surface area contributed by atoms with Gasteiger partial charge in [-0.1, -0.05) is 24.3 Å². The molecule has 0 N–H and O–H groups in total. The van der Waals surface area contributed by atoms with Gasteiger partial charge in [-0.2, -0.15) is 0 Å². The smallest absolute Gasteiger partial charge is 0.227 e. The average Bonchev–Trinajstić information content (AvgIpc) is 3.07. The first-order valence-electron chi connectivity index (χ1n) is 8.72. The van der Waals surface area contributed by atoms with Crippen molar-refractivity contribution in [2.24, 2.45) is 5.92 Å². The Hall–Kier alpha value is -2.55. The molecule has 6 rings (SSSR count). The van der Waals surface area contributed by atoms with Gasteiger partial charge in [-0.3, -0.25) is 0 Å². The first-order valence-corrected chi connectivity index (χ1v) is 8.72. The highest BCUT2D eigenvalue weighted by molar-refractivity contribution is 5.77. The van der Waals surface area contributed by atoms with Crippen molar-refractivity contribution in [3.8, 4) is 11.5 Å². The second-order valence-corrected chi connectivity index (χ2v) is 6.82. The Morgan fingerprint density at radius 2 is 1.67 bits per heavy atom. The fraction of sp³-hybridized carbons (Fsp3) is 0.286. The molecule has 3 aromatic rings. The summed E-state index contributed by atoms with van der Waals surface area (Å²) < 4.78 is 5.88. The summed E-state index contributed by atoms with van der Waals surface area (Å²) in [5, 5.41) is 0. The number of rotatable bonds is 2. The van der Waals surface area contributed by atoms with Crippen LogP contribution in [0.25, 0.3) is 28.1 Å². The van der Waals surface area contributed by atoms with Crippen LogP contribution in [0.3, 0.4) is 0 Å². The first kappa shape index (κ1) is 13.8. The Labute approximate surface area is 141 Å². The van der Waals surface area contributed by atoms with Crippen LogP contribution in [0.2, 0.25) is 0 Å². The van der Waals surface area contributed by atoms with Crippen LogP contribution in [0.4, 0.5) is 0 Å². The predicted molar refractivity (Wildman–Crippen MR) is 96.3 cm³/mol. The SMILES string of the molecule is CC1=C(c2ccc(-c3nc4ccccc4o3)cc2)C2CCN1CC2. The van der Waals surface area contributed by atoms with Crippen LogP contribution in [0.15, 0.2) is 58.6 Å². The van der Waals surface area contributed by atoms with Crippen LogP contribution in [0, 0.1) is 5.92 Å². The van der Waals surface area contributed by atoms with Crippen molar-refractivity contribution >= 4 is 16.7 Å². The van der Waals surface area contributed by atoms with Crippen molar-refractivity contribution in [1.82, 2.24) is 9.88 Å². The maximum atomic E-state index is 5.88. The van der Waals surface area contributed by atoms with Gasteiger partial charge in [0.2, 0.25) is 5.89 Å². The number of fused-ring (bicyclic) bond motifs is 3. The number of nitrogens with zero attached hydrogens (tertiary/aromatic N) is 2. The average molecular weight is 316 g/mol. The summed E-state index contributed by atoms with van der Waals surface area (Å²) in [6.45, 7) is 4.72. The molecule has 0 unspecified atom stereocenters. The van der Waals surface area contributed by atoms with Gasteiger partial charge in [-0.25, -0.2) is 4.98 Å². The zero-order valence-electron chi connectivity index (χ0n) is 13.8. The quantitative estimate of drug-likeness (QED) is 0.670. The summed E-state index contributed by atoms with van der Waals surface area (Å²) in [6.07, 6.45) is 2.58. The van der Waals surface area contributed by atoms with Crippen LogP contribution < -0.4 is 0 Å². The maximum absolute atomic E-state index is 5.88. The number of oxazole rings is 1. The van der Waals surface area contributed by atoms with Crippen molar-refractivity contribution in [2.75, 3.05) is 13.1 Å². The summed E-state index contributed by atoms with van der Waals surface area (Å²) in [4.78, 5) is 7.12. The van der Waals surface area contributed by atoms with Crippen LogP contribution in [-0.2, 0) is 0 Å². The molecule has 1 aromatic heterocycles. The topological polar surface area (TPSA) is 29.3 Å². The van der Waals surface area contributed by atoms with Crippen molar-refractivity contribution in [3.05, 3.63) is 59.8 Å². The molecule has 1 saturated heterocycles. The van der Waals surface area contributed by atoms with Gasteiger partial charge in [0.05, 0.1) is 0 Å². The Bertz CT molecular complexity index is 895. The van der Waals surface area contributed by atoms with Gasteiger partial charge in [0.1, 0.15) is 5.52 Å². The van der Waals surface area contributed by atoms with Crippen LogP contribution >= 0.6 is 0 Å². The third-order valence-electron chi connectivity index (χ3n) is 5.50. The maximum Gasteiger partial charge on any atom is 0.227 e. The van der Waals surface area contributed by atoms with Crippen LogP contribution in [-0.4, -0.2) is 23.0 Å². The molecule has 3 aliphatic rings. The Morgan fingerprint density at radius 3 is 2.38 bits per heavy atom. The Kier molecular flexibility index (Phi) is 3.02. The second kappa shape index (κ2) is 5.23. The highest BCUT2D eigenvalue weighted by Crippen LogP contribution is 2.41. The van der Waals surface area contributed by atoms with Gasteiger partial charge in [0.25, 0.3) is 0 Å². The molecule has 1 fully saturated rings.